The van der Waals surface area contributed by atoms with Crippen molar-refractivity contribution in [3.05, 3.63) is 42.0 Å². The molecule has 3 rings (SSSR count). The first kappa shape index (κ1) is 33.2. The van der Waals surface area contributed by atoms with Crippen LogP contribution in [0.3, 0.4) is 0 Å². The van der Waals surface area contributed by atoms with Crippen LogP contribution in [0.1, 0.15) is 45.6 Å². The summed E-state index contributed by atoms with van der Waals surface area (Å²) < 4.78 is 49.9. The predicted octanol–water partition coefficient (Wildman–Crippen LogP) is 2.82. The molecule has 0 aliphatic carbocycles. The molecule has 2 aromatic rings. The molecule has 2 heterocycles. The second-order valence-corrected chi connectivity index (χ2v) is 12.6. The Kier molecular flexibility index (Phi) is 11.0. The summed E-state index contributed by atoms with van der Waals surface area (Å²) in [5.74, 6) is -1.17. The summed E-state index contributed by atoms with van der Waals surface area (Å²) in [6.07, 6.45) is 3.69. The van der Waals surface area contributed by atoms with Crippen molar-refractivity contribution in [2.24, 2.45) is 10.9 Å². The number of hydrogen-bond donors (Lipinski definition) is 2. The Morgan fingerprint density at radius 2 is 1.84 bits per heavy atom. The summed E-state index contributed by atoms with van der Waals surface area (Å²) in [5.41, 5.74) is 5.95. The first-order chi connectivity index (χ1) is 20.1. The quantitative estimate of drug-likeness (QED) is 0.123. The lowest BCUT2D eigenvalue weighted by atomic mass is 10.0. The van der Waals surface area contributed by atoms with Crippen molar-refractivity contribution < 1.29 is 36.7 Å². The number of aromatic nitrogens is 2. The van der Waals surface area contributed by atoms with E-state index in [1.807, 2.05) is 4.90 Å². The number of carbonyl (C=O) groups is 2. The first-order valence-electron chi connectivity index (χ1n) is 13.4. The van der Waals surface area contributed by atoms with Crippen LogP contribution >= 0.6 is 0 Å². The van der Waals surface area contributed by atoms with Gasteiger partial charge in [-0.1, -0.05) is 23.4 Å². The molecule has 0 radical (unpaired) electrons. The van der Waals surface area contributed by atoms with Crippen LogP contribution in [0.5, 0.6) is 0 Å². The topological polar surface area (TPSA) is 190 Å². The number of oxime groups is 1. The number of benzene rings is 1. The van der Waals surface area contributed by atoms with Crippen LogP contribution in [0.15, 0.2) is 35.7 Å². The minimum absolute atomic E-state index is 0.136. The average Bonchev–Trinajstić information content (AvgIpc) is 2.91. The molecular weight excluding hydrogens is 585 g/mol. The van der Waals surface area contributed by atoms with Crippen LogP contribution in [0, 0.1) is 11.2 Å². The van der Waals surface area contributed by atoms with E-state index in [1.54, 1.807) is 32.9 Å². The van der Waals surface area contributed by atoms with Crippen LogP contribution in [0.2, 0.25) is 0 Å². The fraction of sp³-hybridized carbons (Fsp3) is 0.481. The van der Waals surface area contributed by atoms with Crippen molar-refractivity contribution >= 4 is 39.6 Å². The average molecular weight is 622 g/mol. The number of esters is 1. The van der Waals surface area contributed by atoms with Gasteiger partial charge in [0.1, 0.15) is 36.9 Å². The number of amides is 1. The van der Waals surface area contributed by atoms with Crippen molar-refractivity contribution in [2.75, 3.05) is 37.4 Å². The Morgan fingerprint density at radius 3 is 2.42 bits per heavy atom. The lowest BCUT2D eigenvalue weighted by Crippen LogP contribution is -2.42. The molecule has 1 fully saturated rings. The number of carbonyl (C=O) groups excluding carboxylic acids is 2. The fourth-order valence-electron chi connectivity index (χ4n) is 3.92. The van der Waals surface area contributed by atoms with Gasteiger partial charge in [0.15, 0.2) is 0 Å². The molecule has 0 saturated carbocycles. The van der Waals surface area contributed by atoms with Gasteiger partial charge in [-0.05, 0) is 20.8 Å². The molecule has 1 amide bonds. The molecule has 0 unspecified atom stereocenters. The SMILES string of the molecule is CC(C)(C)OC(=O)N(CCON=C1CCN(c2ncc(-c3cccc(COC(=O)CC(=N)N)c3F)cn2)CC1)S(C)(=O)=O. The number of anilines is 1. The minimum atomic E-state index is -3.85. The van der Waals surface area contributed by atoms with E-state index in [-0.39, 0.29) is 43.1 Å². The molecule has 0 spiro atoms. The van der Waals surface area contributed by atoms with Crippen LogP contribution in [0.4, 0.5) is 15.1 Å². The number of rotatable bonds is 11. The number of halogens is 1. The van der Waals surface area contributed by atoms with Crippen LogP contribution in [-0.2, 0) is 35.7 Å². The highest BCUT2D eigenvalue weighted by atomic mass is 32.2. The van der Waals surface area contributed by atoms with Gasteiger partial charge in [-0.2, -0.15) is 0 Å². The predicted molar refractivity (Wildman–Crippen MR) is 156 cm³/mol. The maximum atomic E-state index is 15.1. The smallest absolute Gasteiger partial charge is 0.424 e. The van der Waals surface area contributed by atoms with Crippen molar-refractivity contribution in [1.29, 1.82) is 5.41 Å². The highest BCUT2D eigenvalue weighted by Crippen LogP contribution is 2.26. The van der Waals surface area contributed by atoms with Gasteiger partial charge in [-0.3, -0.25) is 10.2 Å². The highest BCUT2D eigenvalue weighted by molar-refractivity contribution is 7.88. The molecular formula is C27H36FN7O7S. The van der Waals surface area contributed by atoms with E-state index in [2.05, 4.69) is 15.1 Å². The number of nitrogens with zero attached hydrogens (tertiary/aromatic N) is 5. The number of amidine groups is 1. The van der Waals surface area contributed by atoms with E-state index >= 15 is 4.39 Å². The third-order valence-electron chi connectivity index (χ3n) is 5.95. The number of ether oxygens (including phenoxy) is 2. The van der Waals surface area contributed by atoms with E-state index in [4.69, 9.17) is 25.5 Å². The van der Waals surface area contributed by atoms with Gasteiger partial charge in [-0.25, -0.2) is 31.9 Å². The van der Waals surface area contributed by atoms with Gasteiger partial charge in [0.2, 0.25) is 16.0 Å². The van der Waals surface area contributed by atoms with E-state index in [9.17, 15) is 18.0 Å². The Labute approximate surface area is 249 Å². The molecule has 1 aromatic heterocycles. The van der Waals surface area contributed by atoms with Gasteiger partial charge in [0.25, 0.3) is 0 Å². The van der Waals surface area contributed by atoms with Gasteiger partial charge in [-0.15, -0.1) is 0 Å². The Hall–Kier alpha value is -4.34. The fourth-order valence-corrected chi connectivity index (χ4v) is 4.64. The lowest BCUT2D eigenvalue weighted by Gasteiger charge is -2.27. The number of sulfonamides is 1. The van der Waals surface area contributed by atoms with Crippen LogP contribution in [0.25, 0.3) is 11.1 Å². The standard InChI is InChI=1S/C27H36FN7O7S/c1-27(2,3)42-26(37)35(43(4,38)39)12-13-41-33-20-8-10-34(11-9-20)25-31-15-19(16-32-25)21-7-5-6-18(24(21)28)17-40-23(36)14-22(29)30/h5-7,15-16H,8-14,17H2,1-4H3,(H3,29,30). The Bertz CT molecular complexity index is 1450. The monoisotopic (exact) mass is 621 g/mol. The lowest BCUT2D eigenvalue weighted by molar-refractivity contribution is -0.143. The highest BCUT2D eigenvalue weighted by Gasteiger charge is 2.28. The normalized spacial score (nSPS) is 13.7. The molecule has 0 atom stereocenters. The van der Waals surface area contributed by atoms with E-state index in [0.717, 1.165) is 12.0 Å². The Balaban J connectivity index is 1.53. The summed E-state index contributed by atoms with van der Waals surface area (Å²) in [7, 11) is -3.85. The van der Waals surface area contributed by atoms with Crippen LogP contribution < -0.4 is 10.6 Å². The summed E-state index contributed by atoms with van der Waals surface area (Å²) in [6, 6.07) is 4.69. The minimum Gasteiger partial charge on any atom is -0.460 e. The third kappa shape index (κ3) is 10.2. The van der Waals surface area contributed by atoms with Crippen LogP contribution in [-0.4, -0.2) is 84.4 Å². The zero-order valence-electron chi connectivity index (χ0n) is 24.5. The molecule has 14 nitrogen and oxygen atoms in total. The number of nitrogens with two attached hydrogens (primary N) is 1. The molecule has 16 heteroatoms. The first-order valence-corrected chi connectivity index (χ1v) is 15.2. The number of nitrogens with one attached hydrogen (secondary N) is 1. The molecule has 1 saturated heterocycles. The van der Waals surface area contributed by atoms with Gasteiger partial charge >= 0.3 is 12.1 Å². The summed E-state index contributed by atoms with van der Waals surface area (Å²) in [5, 5.41) is 11.2. The molecule has 234 valence electrons. The van der Waals surface area contributed by atoms with Crippen molar-refractivity contribution in [2.45, 2.75) is 52.2 Å². The summed E-state index contributed by atoms with van der Waals surface area (Å²) in [4.78, 5) is 39.9. The number of piperidine rings is 1. The van der Waals surface area contributed by atoms with Gasteiger partial charge in [0, 0.05) is 55.0 Å². The zero-order valence-corrected chi connectivity index (χ0v) is 25.3. The largest absolute Gasteiger partial charge is 0.460 e. The number of hydrogen-bond acceptors (Lipinski definition) is 12. The van der Waals surface area contributed by atoms with Crippen molar-refractivity contribution in [3.63, 3.8) is 0 Å². The second-order valence-electron chi connectivity index (χ2n) is 10.7. The van der Waals surface area contributed by atoms with Gasteiger partial charge < -0.3 is 24.9 Å². The molecule has 1 aromatic carbocycles. The maximum Gasteiger partial charge on any atom is 0.424 e. The molecule has 0 bridgehead atoms. The van der Waals surface area contributed by atoms with E-state index in [0.29, 0.717) is 41.7 Å². The Morgan fingerprint density at radius 1 is 1.19 bits per heavy atom. The van der Waals surface area contributed by atoms with E-state index < -0.39 is 33.5 Å². The molecule has 3 N–H and O–H groups in total. The van der Waals surface area contributed by atoms with E-state index in [1.165, 1.54) is 18.5 Å². The zero-order chi connectivity index (χ0) is 31.8. The van der Waals surface area contributed by atoms with Crippen molar-refractivity contribution in [1.82, 2.24) is 14.3 Å². The molecule has 1 aliphatic rings. The third-order valence-corrected chi connectivity index (χ3v) is 7.08. The summed E-state index contributed by atoms with van der Waals surface area (Å²) in [6.45, 7) is 5.33. The van der Waals surface area contributed by atoms with Crippen molar-refractivity contribution in [3.8, 4) is 11.1 Å². The molecule has 1 aliphatic heterocycles. The molecule has 43 heavy (non-hydrogen) atoms. The summed E-state index contributed by atoms with van der Waals surface area (Å²) >= 11 is 0. The second kappa shape index (κ2) is 14.2. The maximum absolute atomic E-state index is 15.1. The van der Waals surface area contributed by atoms with Gasteiger partial charge in [0.05, 0.1) is 18.5 Å².